The molecule has 2 aromatic rings. The third-order valence-electron chi connectivity index (χ3n) is 5.64. The van der Waals surface area contributed by atoms with Crippen LogP contribution in [0.25, 0.3) is 10.9 Å². The zero-order valence-electron chi connectivity index (χ0n) is 19.8. The number of aromatic amines is 1. The minimum Gasteiger partial charge on any atom is -0.480 e. The fourth-order valence-corrected chi connectivity index (χ4v) is 3.83. The molecule has 3 amide bonds. The molecule has 4 unspecified atom stereocenters. The first-order valence-electron chi connectivity index (χ1n) is 11.6. The topological polar surface area (TPSA) is 213 Å². The number of aromatic nitrogens is 1. The van der Waals surface area contributed by atoms with Crippen molar-refractivity contribution in [3.63, 3.8) is 0 Å². The molecule has 0 aliphatic heterocycles. The molecule has 1 aromatic carbocycles. The van der Waals surface area contributed by atoms with Crippen LogP contribution in [0.1, 0.15) is 24.8 Å². The number of unbranched alkanes of at least 4 members (excludes halogenated alkanes) is 1. The Hall–Kier alpha value is -3.13. The molecule has 0 bridgehead atoms. The molecule has 12 nitrogen and oxygen atoms in total. The van der Waals surface area contributed by atoms with Crippen molar-refractivity contribution in [3.8, 4) is 0 Å². The zero-order chi connectivity index (χ0) is 26.7. The van der Waals surface area contributed by atoms with Crippen molar-refractivity contribution < 1.29 is 29.4 Å². The first-order valence-corrected chi connectivity index (χ1v) is 12.2. The second-order valence-corrected chi connectivity index (χ2v) is 8.71. The number of carboxylic acid groups (broad SMARTS) is 1. The maximum atomic E-state index is 13.2. The van der Waals surface area contributed by atoms with E-state index in [1.54, 1.807) is 6.20 Å². The van der Waals surface area contributed by atoms with Gasteiger partial charge in [0.1, 0.15) is 24.2 Å². The van der Waals surface area contributed by atoms with Gasteiger partial charge in [-0.15, -0.1) is 0 Å². The molecule has 0 fully saturated rings. The van der Waals surface area contributed by atoms with E-state index in [2.05, 4.69) is 33.6 Å². The van der Waals surface area contributed by atoms with E-state index < -0.39 is 54.5 Å². The second kappa shape index (κ2) is 14.4. The number of aliphatic hydroxyl groups is 1. The minimum absolute atomic E-state index is 0.0557. The Bertz CT molecular complexity index is 1050. The van der Waals surface area contributed by atoms with E-state index in [1.165, 1.54) is 0 Å². The Kier molecular flexibility index (Phi) is 11.7. The van der Waals surface area contributed by atoms with E-state index in [1.807, 2.05) is 24.3 Å². The number of hydrogen-bond donors (Lipinski definition) is 9. The van der Waals surface area contributed by atoms with Crippen molar-refractivity contribution in [3.05, 3.63) is 36.0 Å². The summed E-state index contributed by atoms with van der Waals surface area (Å²) in [6.45, 7) is -0.209. The Morgan fingerprint density at radius 3 is 2.25 bits per heavy atom. The van der Waals surface area contributed by atoms with E-state index in [9.17, 15) is 24.3 Å². The van der Waals surface area contributed by atoms with Gasteiger partial charge >= 0.3 is 5.97 Å². The van der Waals surface area contributed by atoms with Crippen LogP contribution in [0.2, 0.25) is 0 Å². The van der Waals surface area contributed by atoms with Gasteiger partial charge < -0.3 is 42.6 Å². The average Bonchev–Trinajstić information content (AvgIpc) is 3.28. The molecule has 36 heavy (non-hydrogen) atoms. The normalized spacial score (nSPS) is 14.4. The van der Waals surface area contributed by atoms with Crippen molar-refractivity contribution in [1.29, 1.82) is 0 Å². The lowest BCUT2D eigenvalue weighted by Gasteiger charge is -2.25. The highest BCUT2D eigenvalue weighted by atomic mass is 32.1. The van der Waals surface area contributed by atoms with Gasteiger partial charge in [-0.3, -0.25) is 14.4 Å². The number of carboxylic acids is 1. The van der Waals surface area contributed by atoms with Crippen LogP contribution >= 0.6 is 12.6 Å². The lowest BCUT2D eigenvalue weighted by atomic mass is 10.0. The van der Waals surface area contributed by atoms with Crippen molar-refractivity contribution in [2.24, 2.45) is 11.5 Å². The van der Waals surface area contributed by atoms with Gasteiger partial charge in [0, 0.05) is 29.3 Å². The number of hydrogen-bond acceptors (Lipinski definition) is 8. The maximum Gasteiger partial charge on any atom is 0.327 e. The van der Waals surface area contributed by atoms with Crippen LogP contribution in [0.3, 0.4) is 0 Å². The smallest absolute Gasteiger partial charge is 0.327 e. The van der Waals surface area contributed by atoms with Crippen LogP contribution in [-0.4, -0.2) is 82.0 Å². The van der Waals surface area contributed by atoms with Gasteiger partial charge in [-0.2, -0.15) is 12.6 Å². The third-order valence-corrected chi connectivity index (χ3v) is 6.01. The molecule has 198 valence electrons. The molecule has 2 rings (SSSR count). The number of nitrogens with one attached hydrogen (secondary N) is 4. The minimum atomic E-state index is -1.26. The van der Waals surface area contributed by atoms with Gasteiger partial charge in [0.2, 0.25) is 17.7 Å². The Morgan fingerprint density at radius 2 is 1.61 bits per heavy atom. The monoisotopic (exact) mass is 522 g/mol. The number of benzene rings is 1. The summed E-state index contributed by atoms with van der Waals surface area (Å²) < 4.78 is 0. The van der Waals surface area contributed by atoms with Gasteiger partial charge in [0.05, 0.1) is 6.61 Å². The Labute approximate surface area is 214 Å². The molecule has 13 heteroatoms. The summed E-state index contributed by atoms with van der Waals surface area (Å²) in [5.41, 5.74) is 12.7. The van der Waals surface area contributed by atoms with Gasteiger partial charge in [0.25, 0.3) is 0 Å². The first-order chi connectivity index (χ1) is 17.2. The molecule has 10 N–H and O–H groups in total. The number of H-pyrrole nitrogens is 1. The van der Waals surface area contributed by atoms with Gasteiger partial charge in [0.15, 0.2) is 0 Å². The van der Waals surface area contributed by atoms with Gasteiger partial charge in [-0.1, -0.05) is 18.2 Å². The van der Waals surface area contributed by atoms with Crippen molar-refractivity contribution in [1.82, 2.24) is 20.9 Å². The SMILES string of the molecule is NCCCCC(NC(=O)C(N)CO)C(=O)NC(Cc1c[nH]c2ccccc12)C(=O)NC(CS)C(=O)O. The molecule has 1 heterocycles. The van der Waals surface area contributed by atoms with Crippen molar-refractivity contribution in [2.75, 3.05) is 18.9 Å². The number of nitrogens with two attached hydrogens (primary N) is 2. The molecule has 0 saturated heterocycles. The predicted molar refractivity (Wildman–Crippen MR) is 137 cm³/mol. The molecule has 0 aliphatic carbocycles. The highest BCUT2D eigenvalue weighted by Crippen LogP contribution is 2.19. The summed E-state index contributed by atoms with van der Waals surface area (Å²) in [5, 5.41) is 26.9. The van der Waals surface area contributed by atoms with Gasteiger partial charge in [-0.25, -0.2) is 4.79 Å². The third kappa shape index (κ3) is 8.22. The molecule has 0 radical (unpaired) electrons. The lowest BCUT2D eigenvalue weighted by Crippen LogP contribution is -2.58. The van der Waals surface area contributed by atoms with E-state index in [0.29, 0.717) is 19.4 Å². The van der Waals surface area contributed by atoms with Gasteiger partial charge in [-0.05, 0) is 37.4 Å². The van der Waals surface area contributed by atoms with Crippen molar-refractivity contribution >= 4 is 47.2 Å². The molecular formula is C23H34N6O6S. The Morgan fingerprint density at radius 1 is 0.972 bits per heavy atom. The number of fused-ring (bicyclic) bond motifs is 1. The van der Waals surface area contributed by atoms with Crippen molar-refractivity contribution in [2.45, 2.75) is 49.9 Å². The molecule has 0 spiro atoms. The molecular weight excluding hydrogens is 488 g/mol. The fraction of sp³-hybridized carbons (Fsp3) is 0.478. The molecule has 1 aromatic heterocycles. The summed E-state index contributed by atoms with van der Waals surface area (Å²) in [6, 6.07) is 2.74. The lowest BCUT2D eigenvalue weighted by molar-refractivity contribution is -0.141. The number of rotatable bonds is 15. The van der Waals surface area contributed by atoms with Crippen LogP contribution in [0.5, 0.6) is 0 Å². The summed E-state index contributed by atoms with van der Waals surface area (Å²) >= 11 is 3.97. The summed E-state index contributed by atoms with van der Waals surface area (Å²) in [5.74, 6) is -3.49. The number of aliphatic carboxylic acids is 1. The number of thiol groups is 1. The highest BCUT2D eigenvalue weighted by Gasteiger charge is 2.30. The number of aliphatic hydroxyl groups excluding tert-OH is 1. The summed E-state index contributed by atoms with van der Waals surface area (Å²) in [7, 11) is 0. The van der Waals surface area contributed by atoms with E-state index in [-0.39, 0.29) is 18.6 Å². The zero-order valence-corrected chi connectivity index (χ0v) is 20.7. The quantitative estimate of drug-likeness (QED) is 0.100. The summed E-state index contributed by atoms with van der Waals surface area (Å²) in [4.78, 5) is 53.1. The number of amides is 3. The standard InChI is InChI=1S/C23H34N6O6S/c24-8-4-3-7-17(27-20(31)15(25)11-30)21(32)28-18(22(33)29-19(12-36)23(34)35)9-13-10-26-16-6-2-1-5-14(13)16/h1-2,5-6,10,15,17-19,26,30,36H,3-4,7-9,11-12,24-25H2,(H,27,31)(H,28,32)(H,29,33)(H,34,35). The molecule has 0 aliphatic rings. The second-order valence-electron chi connectivity index (χ2n) is 8.34. The predicted octanol–water partition coefficient (Wildman–Crippen LogP) is -1.37. The maximum absolute atomic E-state index is 13.2. The Balaban J connectivity index is 2.28. The van der Waals surface area contributed by atoms with E-state index in [0.717, 1.165) is 16.5 Å². The van der Waals surface area contributed by atoms with Crippen LogP contribution < -0.4 is 27.4 Å². The highest BCUT2D eigenvalue weighted by molar-refractivity contribution is 7.80. The molecule has 0 saturated carbocycles. The van der Waals surface area contributed by atoms with E-state index in [4.69, 9.17) is 16.6 Å². The first kappa shape index (κ1) is 29.1. The van der Waals surface area contributed by atoms with E-state index >= 15 is 0 Å². The van der Waals surface area contributed by atoms with Crippen LogP contribution in [0.4, 0.5) is 0 Å². The number of para-hydroxylation sites is 1. The van der Waals surface area contributed by atoms with Crippen LogP contribution in [0.15, 0.2) is 30.5 Å². The summed E-state index contributed by atoms with van der Waals surface area (Å²) in [6.07, 6.45) is 3.12. The average molecular weight is 523 g/mol. The largest absolute Gasteiger partial charge is 0.480 e. The van der Waals surface area contributed by atoms with Crippen LogP contribution in [0, 0.1) is 0 Å². The number of carbonyl (C=O) groups excluding carboxylic acids is 3. The van der Waals surface area contributed by atoms with Crippen LogP contribution in [-0.2, 0) is 25.6 Å². The molecule has 4 atom stereocenters. The number of carbonyl (C=O) groups is 4. The fourth-order valence-electron chi connectivity index (χ4n) is 3.58.